The molecule has 3 saturated heterocycles. The van der Waals surface area contributed by atoms with Gasteiger partial charge in [0.1, 0.15) is 17.5 Å². The lowest BCUT2D eigenvalue weighted by Gasteiger charge is -2.54. The largest absolute Gasteiger partial charge is 0.496 e. The Labute approximate surface area is 284 Å². The number of hydrogen-bond acceptors (Lipinski definition) is 8. The molecule has 3 aliphatic rings. The molecular formula is C37H44N6O6. The summed E-state index contributed by atoms with van der Waals surface area (Å²) in [6.07, 6.45) is 4.46. The van der Waals surface area contributed by atoms with Crippen molar-refractivity contribution in [1.82, 2.24) is 23.9 Å². The second-order valence-corrected chi connectivity index (χ2v) is 14.0. The number of rotatable bonds is 7. The highest BCUT2D eigenvalue weighted by molar-refractivity contribution is 6.00. The minimum Gasteiger partial charge on any atom is -0.496 e. The molecule has 3 aliphatic heterocycles. The number of anilines is 1. The van der Waals surface area contributed by atoms with Crippen molar-refractivity contribution in [1.29, 1.82) is 0 Å². The number of amides is 2. The van der Waals surface area contributed by atoms with Crippen molar-refractivity contribution in [3.63, 3.8) is 0 Å². The van der Waals surface area contributed by atoms with Crippen LogP contribution in [0.5, 0.6) is 11.5 Å². The zero-order chi connectivity index (χ0) is 34.8. The number of imidazole rings is 1. The van der Waals surface area contributed by atoms with Gasteiger partial charge in [-0.15, -0.1) is 0 Å². The fourth-order valence-corrected chi connectivity index (χ4v) is 8.24. The molecule has 3 fully saturated rings. The Morgan fingerprint density at radius 3 is 2.24 bits per heavy atom. The van der Waals surface area contributed by atoms with E-state index < -0.39 is 11.9 Å². The first kappa shape index (κ1) is 32.7. The predicted molar refractivity (Wildman–Crippen MR) is 187 cm³/mol. The van der Waals surface area contributed by atoms with E-state index in [0.29, 0.717) is 18.5 Å². The Kier molecular flexibility index (Phi) is 8.17. The van der Waals surface area contributed by atoms with Crippen LogP contribution in [0.2, 0.25) is 0 Å². The van der Waals surface area contributed by atoms with Gasteiger partial charge in [-0.05, 0) is 73.9 Å². The number of imide groups is 1. The molecule has 0 saturated carbocycles. The minimum absolute atomic E-state index is 0.000820. The van der Waals surface area contributed by atoms with Gasteiger partial charge in [0.15, 0.2) is 0 Å². The molecule has 49 heavy (non-hydrogen) atoms. The molecule has 0 radical (unpaired) electrons. The van der Waals surface area contributed by atoms with Crippen LogP contribution in [0.4, 0.5) is 5.69 Å². The molecule has 0 bridgehead atoms. The fraction of sp³-hybridized carbons (Fsp3) is 0.459. The molecule has 4 aromatic rings. The number of aryl methyl sites for hydroxylation is 2. The van der Waals surface area contributed by atoms with Crippen LogP contribution in [0.1, 0.15) is 48.4 Å². The Bertz CT molecular complexity index is 2080. The number of fused-ring (bicyclic) bond motifs is 1. The van der Waals surface area contributed by atoms with Crippen LogP contribution in [-0.4, -0.2) is 70.8 Å². The van der Waals surface area contributed by atoms with Gasteiger partial charge in [0.2, 0.25) is 11.8 Å². The van der Waals surface area contributed by atoms with E-state index in [4.69, 9.17) is 9.47 Å². The topological polar surface area (TPSA) is 120 Å². The van der Waals surface area contributed by atoms with Crippen LogP contribution in [0.15, 0.2) is 46.1 Å². The number of ether oxygens (including phenoxy) is 2. The number of carbonyl (C=O) groups excluding carboxylic acids is 2. The number of methoxy groups -OCH3 is 2. The van der Waals surface area contributed by atoms with E-state index in [9.17, 15) is 19.2 Å². The van der Waals surface area contributed by atoms with Crippen LogP contribution in [-0.2, 0) is 30.2 Å². The predicted octanol–water partition coefficient (Wildman–Crippen LogP) is 3.42. The molecule has 2 amide bonds. The van der Waals surface area contributed by atoms with Gasteiger partial charge in [0, 0.05) is 70.6 Å². The van der Waals surface area contributed by atoms with E-state index in [-0.39, 0.29) is 29.0 Å². The standard InChI is InChI=1S/C37H44N6O6/c1-22-23(2)35(46)39(3)18-25(22)24-16-30(48-5)26(31(17-24)49-6)19-41-20-37(21-41)12-14-42(15-13-37)27-8-7-9-28-33(27)40(4)36(47)43(28)29-10-11-32(44)38-34(29)45/h7-9,16-18,29H,10-15,19-21H2,1-6H3,(H,38,44,45). The van der Waals surface area contributed by atoms with Crippen molar-refractivity contribution in [2.45, 2.75) is 52.1 Å². The van der Waals surface area contributed by atoms with Crippen molar-refractivity contribution in [2.24, 2.45) is 19.5 Å². The summed E-state index contributed by atoms with van der Waals surface area (Å²) in [7, 11) is 6.90. The van der Waals surface area contributed by atoms with E-state index in [1.807, 2.05) is 44.3 Å². The summed E-state index contributed by atoms with van der Waals surface area (Å²) < 4.78 is 16.6. The third-order valence-electron chi connectivity index (χ3n) is 11.1. The van der Waals surface area contributed by atoms with E-state index in [0.717, 1.165) is 89.5 Å². The van der Waals surface area contributed by atoms with Gasteiger partial charge in [-0.2, -0.15) is 0 Å². The minimum atomic E-state index is -0.704. The van der Waals surface area contributed by atoms with Gasteiger partial charge in [-0.3, -0.25) is 33.7 Å². The Morgan fingerprint density at radius 2 is 1.61 bits per heavy atom. The van der Waals surface area contributed by atoms with Gasteiger partial charge in [-0.25, -0.2) is 4.79 Å². The number of pyridine rings is 1. The lowest BCUT2D eigenvalue weighted by Crippen LogP contribution is -2.59. The smallest absolute Gasteiger partial charge is 0.329 e. The second-order valence-electron chi connectivity index (χ2n) is 14.0. The summed E-state index contributed by atoms with van der Waals surface area (Å²) in [5, 5.41) is 2.39. The zero-order valence-electron chi connectivity index (χ0n) is 29.1. The summed E-state index contributed by atoms with van der Waals surface area (Å²) >= 11 is 0. The second kappa shape index (κ2) is 12.2. The fourth-order valence-electron chi connectivity index (χ4n) is 8.24. The molecule has 12 nitrogen and oxygen atoms in total. The van der Waals surface area contributed by atoms with Gasteiger partial charge in [0.05, 0.1) is 36.5 Å². The van der Waals surface area contributed by atoms with E-state index in [1.165, 1.54) is 0 Å². The molecule has 12 heteroatoms. The van der Waals surface area contributed by atoms with Crippen LogP contribution in [0.3, 0.4) is 0 Å². The first-order valence-corrected chi connectivity index (χ1v) is 16.9. The molecule has 2 aromatic heterocycles. The number of para-hydroxylation sites is 1. The number of benzene rings is 2. The maximum absolute atomic E-state index is 13.4. The third-order valence-corrected chi connectivity index (χ3v) is 11.1. The summed E-state index contributed by atoms with van der Waals surface area (Å²) in [6, 6.07) is 9.27. The SMILES string of the molecule is COc1cc(-c2cn(C)c(=O)c(C)c2C)cc(OC)c1CN1CC2(CCN(c3cccc4c3n(C)c(=O)n4C3CCC(=O)NC3=O)CC2)C1. The number of piperidine rings is 2. The average molecular weight is 669 g/mol. The molecule has 0 aliphatic carbocycles. The molecule has 7 rings (SSSR count). The van der Waals surface area contributed by atoms with Crippen molar-refractivity contribution < 1.29 is 19.1 Å². The molecule has 2 aromatic carbocycles. The lowest BCUT2D eigenvalue weighted by atomic mass is 9.71. The maximum atomic E-state index is 13.4. The Hall–Kier alpha value is -4.84. The number of hydrogen-bond donors (Lipinski definition) is 1. The van der Waals surface area contributed by atoms with E-state index in [2.05, 4.69) is 21.2 Å². The monoisotopic (exact) mass is 668 g/mol. The quantitative estimate of drug-likeness (QED) is 0.298. The highest BCUT2D eigenvalue weighted by atomic mass is 16.5. The van der Waals surface area contributed by atoms with E-state index >= 15 is 0 Å². The Balaban J connectivity index is 1.06. The number of nitrogens with zero attached hydrogens (tertiary/aromatic N) is 5. The number of aromatic nitrogens is 3. The molecule has 1 N–H and O–H groups in total. The first-order valence-electron chi connectivity index (χ1n) is 16.9. The normalized spacial score (nSPS) is 19.3. The summed E-state index contributed by atoms with van der Waals surface area (Å²) in [4.78, 5) is 55.2. The molecule has 5 heterocycles. The number of nitrogens with one attached hydrogen (secondary N) is 1. The van der Waals surface area contributed by atoms with Crippen LogP contribution < -0.4 is 30.9 Å². The summed E-state index contributed by atoms with van der Waals surface area (Å²) in [5.41, 5.74) is 7.09. The molecule has 1 spiro atoms. The molecule has 1 atom stereocenters. The summed E-state index contributed by atoms with van der Waals surface area (Å²) in [6.45, 7) is 8.22. The highest BCUT2D eigenvalue weighted by Crippen LogP contribution is 2.45. The first-order chi connectivity index (χ1) is 23.4. The van der Waals surface area contributed by atoms with Crippen LogP contribution in [0.25, 0.3) is 22.2 Å². The molecular weight excluding hydrogens is 624 g/mol. The maximum Gasteiger partial charge on any atom is 0.329 e. The molecule has 1 unspecified atom stereocenters. The zero-order valence-corrected chi connectivity index (χ0v) is 29.1. The van der Waals surface area contributed by atoms with Crippen molar-refractivity contribution in [3.05, 3.63) is 74.1 Å². The lowest BCUT2D eigenvalue weighted by molar-refractivity contribution is -0.135. The van der Waals surface area contributed by atoms with Crippen molar-refractivity contribution in [3.8, 4) is 22.6 Å². The van der Waals surface area contributed by atoms with E-state index in [1.54, 1.807) is 42.0 Å². The third kappa shape index (κ3) is 5.42. The average Bonchev–Trinajstić information content (AvgIpc) is 3.34. The Morgan fingerprint density at radius 1 is 0.939 bits per heavy atom. The van der Waals surface area contributed by atoms with Crippen LogP contribution >= 0.6 is 0 Å². The van der Waals surface area contributed by atoms with Crippen molar-refractivity contribution >= 4 is 28.5 Å². The van der Waals surface area contributed by atoms with Gasteiger partial charge >= 0.3 is 5.69 Å². The van der Waals surface area contributed by atoms with Gasteiger partial charge < -0.3 is 18.9 Å². The van der Waals surface area contributed by atoms with Crippen molar-refractivity contribution in [2.75, 3.05) is 45.3 Å². The molecule has 258 valence electrons. The van der Waals surface area contributed by atoms with Crippen LogP contribution in [0, 0.1) is 19.3 Å². The number of carbonyl (C=O) groups is 2. The summed E-state index contributed by atoms with van der Waals surface area (Å²) in [5.74, 6) is 0.802. The van der Waals surface area contributed by atoms with Gasteiger partial charge in [-0.1, -0.05) is 6.07 Å². The number of likely N-dealkylation sites (tertiary alicyclic amines) is 1. The highest BCUT2D eigenvalue weighted by Gasteiger charge is 2.45. The van der Waals surface area contributed by atoms with Gasteiger partial charge in [0.25, 0.3) is 5.56 Å².